The number of allylic oxidation sites excluding steroid dienone is 1. The largest absolute Gasteiger partial charge is 0.493 e. The lowest BCUT2D eigenvalue weighted by Gasteiger charge is -2.39. The summed E-state index contributed by atoms with van der Waals surface area (Å²) in [5, 5.41) is 39.1. The molecule has 4 N–H and O–H groups in total. The number of halogens is 1. The molecule has 1 fully saturated rings. The third-order valence-corrected chi connectivity index (χ3v) is 4.24. The summed E-state index contributed by atoms with van der Waals surface area (Å²) in [6.45, 7) is -0.580. The lowest BCUT2D eigenvalue weighted by Crippen LogP contribution is -2.60. The Morgan fingerprint density at radius 2 is 1.74 bits per heavy atom. The van der Waals surface area contributed by atoms with E-state index in [0.29, 0.717) is 5.56 Å². The van der Waals surface area contributed by atoms with Crippen LogP contribution in [-0.4, -0.2) is 76.7 Å². The van der Waals surface area contributed by atoms with Crippen molar-refractivity contribution < 1.29 is 44.2 Å². The van der Waals surface area contributed by atoms with Crippen LogP contribution in [0.5, 0.6) is 17.2 Å². The first-order chi connectivity index (χ1) is 12.8. The van der Waals surface area contributed by atoms with E-state index < -0.39 is 37.3 Å². The summed E-state index contributed by atoms with van der Waals surface area (Å²) < 4.78 is 21.2. The molecule has 27 heavy (non-hydrogen) atoms. The van der Waals surface area contributed by atoms with E-state index in [0.717, 1.165) is 0 Å². The van der Waals surface area contributed by atoms with E-state index in [1.807, 2.05) is 0 Å². The van der Waals surface area contributed by atoms with Crippen molar-refractivity contribution in [2.75, 3.05) is 20.8 Å². The highest BCUT2D eigenvalue weighted by Gasteiger charge is 2.45. The monoisotopic (exact) mass is 448 g/mol. The van der Waals surface area contributed by atoms with Crippen LogP contribution in [-0.2, 0) is 9.53 Å². The van der Waals surface area contributed by atoms with Gasteiger partial charge in [0.1, 0.15) is 24.4 Å². The van der Waals surface area contributed by atoms with Gasteiger partial charge in [-0.3, -0.25) is 4.79 Å². The summed E-state index contributed by atoms with van der Waals surface area (Å²) in [6.07, 6.45) is -4.34. The van der Waals surface area contributed by atoms with Crippen LogP contribution in [0.25, 0.3) is 6.08 Å². The van der Waals surface area contributed by atoms with Gasteiger partial charge in [-0.2, -0.15) is 0 Å². The number of methoxy groups -OCH3 is 2. The molecule has 0 unspecified atom stereocenters. The average molecular weight is 449 g/mol. The van der Waals surface area contributed by atoms with E-state index in [4.69, 9.17) is 18.9 Å². The fourth-order valence-electron chi connectivity index (χ4n) is 2.56. The van der Waals surface area contributed by atoms with Gasteiger partial charge in [0.2, 0.25) is 16.7 Å². The number of hydrogen-bond donors (Lipinski definition) is 4. The average Bonchev–Trinajstić information content (AvgIpc) is 2.66. The minimum atomic E-state index is -1.58. The molecule has 150 valence electrons. The van der Waals surface area contributed by atoms with Crippen molar-refractivity contribution >= 4 is 26.7 Å². The molecule has 10 heteroatoms. The fraction of sp³-hybridized carbons (Fsp3) is 0.471. The van der Waals surface area contributed by atoms with E-state index in [-0.39, 0.29) is 21.9 Å². The Balaban J connectivity index is 2.35. The first kappa shape index (κ1) is 21.6. The maximum Gasteiger partial charge on any atom is 0.229 e. The molecule has 0 bridgehead atoms. The molecule has 0 spiro atoms. The Morgan fingerprint density at radius 1 is 1.15 bits per heavy atom. The van der Waals surface area contributed by atoms with Gasteiger partial charge in [-0.1, -0.05) is 6.08 Å². The second-order valence-electron chi connectivity index (χ2n) is 5.71. The predicted octanol–water partition coefficient (Wildman–Crippen LogP) is -0.183. The molecule has 0 aliphatic carbocycles. The zero-order valence-corrected chi connectivity index (χ0v) is 16.2. The molecule has 1 aromatic carbocycles. The number of hydrogen-bond acceptors (Lipinski definition) is 9. The Morgan fingerprint density at radius 3 is 2.22 bits per heavy atom. The first-order valence-electron chi connectivity index (χ1n) is 7.93. The summed E-state index contributed by atoms with van der Waals surface area (Å²) in [4.78, 5) is 11.0. The van der Waals surface area contributed by atoms with Crippen molar-refractivity contribution in [2.24, 2.45) is 0 Å². The highest BCUT2D eigenvalue weighted by atomic mass is 79.9. The first-order valence-corrected chi connectivity index (χ1v) is 8.72. The highest BCUT2D eigenvalue weighted by molar-refractivity contribution is 9.18. The molecule has 0 radical (unpaired) electrons. The van der Waals surface area contributed by atoms with Crippen LogP contribution in [0.15, 0.2) is 18.2 Å². The summed E-state index contributed by atoms with van der Waals surface area (Å²) in [7, 11) is 2.77. The van der Waals surface area contributed by atoms with Crippen molar-refractivity contribution in [1.29, 1.82) is 0 Å². The molecule has 1 aliphatic heterocycles. The van der Waals surface area contributed by atoms with Crippen molar-refractivity contribution in [3.05, 3.63) is 23.8 Å². The quantitative estimate of drug-likeness (QED) is 0.330. The van der Waals surface area contributed by atoms with Crippen molar-refractivity contribution in [1.82, 2.24) is 0 Å². The molecular weight excluding hydrogens is 428 g/mol. The van der Waals surface area contributed by atoms with Gasteiger partial charge < -0.3 is 39.4 Å². The Hall–Kier alpha value is -1.69. The van der Waals surface area contributed by atoms with Crippen LogP contribution >= 0.6 is 15.9 Å². The van der Waals surface area contributed by atoms with Crippen molar-refractivity contribution in [3.8, 4) is 17.2 Å². The van der Waals surface area contributed by atoms with Crippen LogP contribution in [0.4, 0.5) is 0 Å². The number of aliphatic hydroxyl groups is 4. The van der Waals surface area contributed by atoms with Gasteiger partial charge in [-0.15, -0.1) is 0 Å². The zero-order chi connectivity index (χ0) is 20.1. The Kier molecular flexibility index (Phi) is 7.59. The highest BCUT2D eigenvalue weighted by Crippen LogP contribution is 2.40. The van der Waals surface area contributed by atoms with E-state index in [1.165, 1.54) is 26.4 Å². The summed E-state index contributed by atoms with van der Waals surface area (Å²) in [6, 6.07) is 3.13. The molecule has 1 heterocycles. The van der Waals surface area contributed by atoms with Gasteiger partial charge in [0.25, 0.3) is 0 Å². The molecule has 1 saturated heterocycles. The van der Waals surface area contributed by atoms with E-state index >= 15 is 0 Å². The third kappa shape index (κ3) is 4.98. The third-order valence-electron chi connectivity index (χ3n) is 3.97. The van der Waals surface area contributed by atoms with Crippen LogP contribution in [0, 0.1) is 0 Å². The second-order valence-corrected chi connectivity index (χ2v) is 6.49. The zero-order valence-electron chi connectivity index (χ0n) is 14.6. The van der Waals surface area contributed by atoms with Crippen molar-refractivity contribution in [3.63, 3.8) is 0 Å². The summed E-state index contributed by atoms with van der Waals surface area (Å²) in [5.74, 6) is 0.507. The molecule has 9 nitrogen and oxygen atoms in total. The molecule has 1 aliphatic rings. The minimum absolute atomic E-state index is 0.0756. The molecule has 2 rings (SSSR count). The molecular formula is C17H21BrO9. The number of carbonyl (C=O) groups excluding carboxylic acids is 1. The van der Waals surface area contributed by atoms with Gasteiger partial charge >= 0.3 is 0 Å². The number of aliphatic hydroxyl groups excluding tert-OH is 4. The van der Waals surface area contributed by atoms with Crippen molar-refractivity contribution in [2.45, 2.75) is 30.7 Å². The van der Waals surface area contributed by atoms with Gasteiger partial charge in [-0.05, 0) is 39.7 Å². The Labute approximate surface area is 163 Å². The molecule has 0 aromatic heterocycles. The maximum absolute atomic E-state index is 11.0. The summed E-state index contributed by atoms with van der Waals surface area (Å²) >= 11 is 2.79. The molecule has 0 amide bonds. The van der Waals surface area contributed by atoms with Crippen LogP contribution in [0.3, 0.4) is 0 Å². The molecule has 1 aromatic rings. The van der Waals surface area contributed by atoms with Gasteiger partial charge in [-0.25, -0.2) is 0 Å². The van der Waals surface area contributed by atoms with E-state index in [9.17, 15) is 25.2 Å². The smallest absolute Gasteiger partial charge is 0.229 e. The maximum atomic E-state index is 11.0. The number of rotatable bonds is 7. The summed E-state index contributed by atoms with van der Waals surface area (Å²) in [5.41, 5.74) is 0.581. The van der Waals surface area contributed by atoms with Gasteiger partial charge in [0.15, 0.2) is 11.5 Å². The lowest BCUT2D eigenvalue weighted by molar-refractivity contribution is -0.277. The van der Waals surface area contributed by atoms with Crippen LogP contribution in [0.2, 0.25) is 0 Å². The number of carbonyl (C=O) groups is 1. The SMILES string of the molecule is COc1cc(C=CC(=O)Br)cc(OC)c1O[C@@H]1O[C@H](CO)[C@@H](O)[C@H](O)[C@@H]1O. The van der Waals surface area contributed by atoms with Gasteiger partial charge in [0.05, 0.1) is 20.8 Å². The van der Waals surface area contributed by atoms with Crippen LogP contribution < -0.4 is 14.2 Å². The number of ether oxygens (including phenoxy) is 4. The Bertz CT molecular complexity index is 666. The predicted molar refractivity (Wildman–Crippen MR) is 96.9 cm³/mol. The standard InChI is InChI=1S/C17H21BrO9/c1-24-9-5-8(3-4-12(18)20)6-10(25-2)16(9)27-17-15(23)14(22)13(21)11(7-19)26-17/h3-6,11,13-15,17,19,21-23H,7H2,1-2H3/t11-,13-,14+,15+,17+/m1/s1. The second kappa shape index (κ2) is 9.49. The van der Waals surface area contributed by atoms with E-state index in [1.54, 1.807) is 12.1 Å². The van der Waals surface area contributed by atoms with Gasteiger partial charge in [0, 0.05) is 0 Å². The normalized spacial score (nSPS) is 28.2. The number of benzene rings is 1. The topological polar surface area (TPSA) is 135 Å². The minimum Gasteiger partial charge on any atom is -0.493 e. The molecule has 5 atom stereocenters. The van der Waals surface area contributed by atoms with E-state index in [2.05, 4.69) is 15.9 Å². The molecule has 0 saturated carbocycles. The fourth-order valence-corrected chi connectivity index (χ4v) is 2.69. The van der Waals surface area contributed by atoms with Crippen LogP contribution in [0.1, 0.15) is 5.56 Å². The lowest BCUT2D eigenvalue weighted by atomic mass is 9.99.